The van der Waals surface area contributed by atoms with Crippen LogP contribution in [0.1, 0.15) is 43.0 Å². The van der Waals surface area contributed by atoms with E-state index in [1.807, 2.05) is 62.4 Å². The van der Waals surface area contributed by atoms with Gasteiger partial charge >= 0.3 is 6.18 Å². The van der Waals surface area contributed by atoms with Crippen molar-refractivity contribution in [1.29, 1.82) is 0 Å². The molecule has 1 aliphatic heterocycles. The van der Waals surface area contributed by atoms with Gasteiger partial charge in [-0.25, -0.2) is 0 Å². The molecule has 1 heterocycles. The summed E-state index contributed by atoms with van der Waals surface area (Å²) in [6.07, 6.45) is 10.6. The van der Waals surface area contributed by atoms with Gasteiger partial charge in [0.1, 0.15) is 5.60 Å². The van der Waals surface area contributed by atoms with Crippen molar-refractivity contribution in [3.8, 4) is 23.5 Å². The van der Waals surface area contributed by atoms with Crippen LogP contribution in [0.2, 0.25) is 0 Å². The van der Waals surface area contributed by atoms with Crippen molar-refractivity contribution in [2.75, 3.05) is 6.61 Å². The molecule has 0 radical (unpaired) electrons. The van der Waals surface area contributed by atoms with Gasteiger partial charge in [0.15, 0.2) is 0 Å². The maximum absolute atomic E-state index is 12.9. The van der Waals surface area contributed by atoms with E-state index in [1.165, 1.54) is 12.1 Å². The summed E-state index contributed by atoms with van der Waals surface area (Å²) in [5, 5.41) is 0. The minimum Gasteiger partial charge on any atom is -0.359 e. The fourth-order valence-corrected chi connectivity index (χ4v) is 5.02. The Bertz CT molecular complexity index is 1520. The van der Waals surface area contributed by atoms with Crippen LogP contribution < -0.4 is 0 Å². The van der Waals surface area contributed by atoms with Gasteiger partial charge in [0, 0.05) is 5.57 Å². The third kappa shape index (κ3) is 6.38. The topological polar surface area (TPSA) is 12.5 Å². The van der Waals surface area contributed by atoms with Crippen molar-refractivity contribution in [1.82, 2.24) is 0 Å². The number of ether oxygens (including phenoxy) is 1. The van der Waals surface area contributed by atoms with Crippen LogP contribution in [0.5, 0.6) is 0 Å². The van der Waals surface area contributed by atoms with Gasteiger partial charge in [-0.05, 0) is 96.9 Å². The number of allylic oxidation sites excluding steroid dienone is 7. The maximum Gasteiger partial charge on any atom is 0.416 e. The van der Waals surface area contributed by atoms with E-state index >= 15 is 0 Å². The average molecular weight is 539 g/mol. The Hall–Kier alpha value is -4.07. The first kappa shape index (κ1) is 28.9. The number of aryl methyl sites for hydroxylation is 1. The summed E-state index contributed by atoms with van der Waals surface area (Å²) < 4.78 is 44.6. The van der Waals surface area contributed by atoms with Gasteiger partial charge in [0.2, 0.25) is 0 Å². The van der Waals surface area contributed by atoms with E-state index in [0.29, 0.717) is 6.61 Å². The first-order valence-corrected chi connectivity index (χ1v) is 13.2. The Labute approximate surface area is 235 Å². The number of benzene rings is 3. The quantitative estimate of drug-likeness (QED) is 0.158. The zero-order valence-corrected chi connectivity index (χ0v) is 23.3. The molecule has 1 aliphatic rings. The van der Waals surface area contributed by atoms with Gasteiger partial charge < -0.3 is 4.74 Å². The third-order valence-corrected chi connectivity index (χ3v) is 7.36. The molecule has 0 N–H and O–H groups in total. The van der Waals surface area contributed by atoms with Crippen LogP contribution in [-0.2, 0) is 22.9 Å². The zero-order valence-electron chi connectivity index (χ0n) is 23.3. The highest BCUT2D eigenvalue weighted by Crippen LogP contribution is 2.45. The second-order valence-corrected chi connectivity index (χ2v) is 10.1. The number of hydrogen-bond donors (Lipinski definition) is 0. The molecule has 40 heavy (non-hydrogen) atoms. The zero-order chi connectivity index (χ0) is 28.9. The normalized spacial score (nSPS) is 18.4. The molecule has 1 atom stereocenters. The molecule has 1 unspecified atom stereocenters. The number of terminal acetylenes is 1. The smallest absolute Gasteiger partial charge is 0.359 e. The van der Waals surface area contributed by atoms with E-state index in [0.717, 1.165) is 68.7 Å². The summed E-state index contributed by atoms with van der Waals surface area (Å²) in [6, 6.07) is 21.4. The molecule has 1 saturated heterocycles. The molecule has 1 nitrogen and oxygen atoms in total. The van der Waals surface area contributed by atoms with E-state index in [-0.39, 0.29) is 0 Å². The predicted octanol–water partition coefficient (Wildman–Crippen LogP) is 9.55. The van der Waals surface area contributed by atoms with Crippen molar-refractivity contribution in [3.05, 3.63) is 142 Å². The first-order valence-electron chi connectivity index (χ1n) is 13.2. The second kappa shape index (κ2) is 12.0. The molecule has 4 rings (SSSR count). The van der Waals surface area contributed by atoms with Crippen LogP contribution in [0.25, 0.3) is 11.1 Å². The molecule has 3 aromatic rings. The summed E-state index contributed by atoms with van der Waals surface area (Å²) >= 11 is 0. The van der Waals surface area contributed by atoms with Gasteiger partial charge in [0.25, 0.3) is 0 Å². The Balaban J connectivity index is 1.48. The molecule has 0 aliphatic carbocycles. The molecular weight excluding hydrogens is 505 g/mol. The van der Waals surface area contributed by atoms with Crippen LogP contribution >= 0.6 is 0 Å². The van der Waals surface area contributed by atoms with E-state index < -0.39 is 17.3 Å². The van der Waals surface area contributed by atoms with Crippen molar-refractivity contribution in [2.24, 2.45) is 0 Å². The van der Waals surface area contributed by atoms with Gasteiger partial charge in [-0.1, -0.05) is 84.8 Å². The van der Waals surface area contributed by atoms with Crippen molar-refractivity contribution in [3.63, 3.8) is 0 Å². The Morgan fingerprint density at radius 3 is 2.20 bits per heavy atom. The molecule has 0 aromatic heterocycles. The van der Waals surface area contributed by atoms with Gasteiger partial charge in [-0.3, -0.25) is 0 Å². The molecule has 3 aromatic carbocycles. The lowest BCUT2D eigenvalue weighted by atomic mass is 9.90. The van der Waals surface area contributed by atoms with E-state index in [1.54, 1.807) is 0 Å². The number of epoxide rings is 1. The lowest BCUT2D eigenvalue weighted by Crippen LogP contribution is -2.11. The molecule has 0 amide bonds. The van der Waals surface area contributed by atoms with Gasteiger partial charge in [-0.2, -0.15) is 13.2 Å². The summed E-state index contributed by atoms with van der Waals surface area (Å²) in [5.41, 5.74) is 7.93. The highest BCUT2D eigenvalue weighted by Gasteiger charge is 2.49. The molecule has 1 fully saturated rings. The van der Waals surface area contributed by atoms with Crippen LogP contribution in [-0.4, -0.2) is 6.61 Å². The Morgan fingerprint density at radius 1 is 0.975 bits per heavy atom. The minimum absolute atomic E-state index is 0.530. The maximum atomic E-state index is 12.9. The molecular formula is C36H33F3O. The number of alkyl halides is 3. The Kier molecular flexibility index (Phi) is 8.67. The second-order valence-electron chi connectivity index (χ2n) is 10.1. The standard InChI is InChI=1S/C36H33F3O/c1-6-30(35(24-40-35)31-11-9-8-10-12-31)19-14-26(4)33(7-2)25(3)13-15-28-16-22-34(27(5)23-28)29-17-20-32(21-18-29)36(37,38)39/h1,7-14,16-23H,15,24H2,2-5H3. The van der Waals surface area contributed by atoms with E-state index in [4.69, 9.17) is 11.2 Å². The summed E-state index contributed by atoms with van der Waals surface area (Å²) in [5.74, 6) is 2.83. The first-order chi connectivity index (χ1) is 19.1. The van der Waals surface area contributed by atoms with Crippen LogP contribution in [0.4, 0.5) is 13.2 Å². The largest absolute Gasteiger partial charge is 0.416 e. The summed E-state index contributed by atoms with van der Waals surface area (Å²) in [7, 11) is 0. The highest BCUT2D eigenvalue weighted by molar-refractivity contribution is 5.68. The number of rotatable bonds is 8. The lowest BCUT2D eigenvalue weighted by molar-refractivity contribution is -0.137. The average Bonchev–Trinajstić information content (AvgIpc) is 3.75. The van der Waals surface area contributed by atoms with E-state index in [2.05, 4.69) is 44.1 Å². The fourth-order valence-electron chi connectivity index (χ4n) is 5.02. The fraction of sp³-hybridized carbons (Fsp3) is 0.222. The summed E-state index contributed by atoms with van der Waals surface area (Å²) in [4.78, 5) is 0. The van der Waals surface area contributed by atoms with Crippen molar-refractivity contribution >= 4 is 0 Å². The minimum atomic E-state index is -4.34. The SMILES string of the molecule is C#CC(=CC=C(C)C(=CC)C(C)=CCc1ccc(-c2ccc(C(F)(F)F)cc2)c(C)c1)C1(c2ccccc2)CO1. The van der Waals surface area contributed by atoms with Crippen LogP contribution in [0.3, 0.4) is 0 Å². The molecule has 4 heteroatoms. The third-order valence-electron chi connectivity index (χ3n) is 7.36. The number of halogens is 3. The number of hydrogen-bond acceptors (Lipinski definition) is 1. The van der Waals surface area contributed by atoms with E-state index in [9.17, 15) is 13.2 Å². The molecule has 0 saturated carbocycles. The molecule has 204 valence electrons. The Morgan fingerprint density at radius 2 is 1.65 bits per heavy atom. The molecule has 0 bridgehead atoms. The molecule has 0 spiro atoms. The monoisotopic (exact) mass is 538 g/mol. The predicted molar refractivity (Wildman–Crippen MR) is 158 cm³/mol. The lowest BCUT2D eigenvalue weighted by Gasteiger charge is -2.13. The van der Waals surface area contributed by atoms with Gasteiger partial charge in [0.05, 0.1) is 12.2 Å². The van der Waals surface area contributed by atoms with Crippen LogP contribution in [0.15, 0.2) is 119 Å². The van der Waals surface area contributed by atoms with Crippen LogP contribution in [0, 0.1) is 19.3 Å². The van der Waals surface area contributed by atoms with Crippen molar-refractivity contribution in [2.45, 2.75) is 45.9 Å². The van der Waals surface area contributed by atoms with Crippen molar-refractivity contribution < 1.29 is 17.9 Å². The van der Waals surface area contributed by atoms with Gasteiger partial charge in [-0.15, -0.1) is 6.42 Å². The highest BCUT2D eigenvalue weighted by atomic mass is 19.4. The summed E-state index contributed by atoms with van der Waals surface area (Å²) in [6.45, 7) is 8.75.